The third-order valence-electron chi connectivity index (χ3n) is 4.01. The van der Waals surface area contributed by atoms with Crippen molar-refractivity contribution in [3.8, 4) is 0 Å². The maximum Gasteiger partial charge on any atom is 0.150 e. The van der Waals surface area contributed by atoms with Crippen molar-refractivity contribution in [1.29, 1.82) is 0 Å². The van der Waals surface area contributed by atoms with Gasteiger partial charge in [0.05, 0.1) is 6.04 Å². The standard InChI is InChI=1S/C16H22N4/c1-2-14-16-19-18-15(20(16)12-11-17-14)10-6-9-13-7-4-3-5-8-13/h3-5,7-8,14,17H,2,6,9-12H2,1H3. The number of nitrogens with one attached hydrogen (secondary N) is 1. The van der Waals surface area contributed by atoms with E-state index in [0.717, 1.165) is 50.4 Å². The molecule has 4 nitrogen and oxygen atoms in total. The highest BCUT2D eigenvalue weighted by molar-refractivity contribution is 5.15. The largest absolute Gasteiger partial charge is 0.312 e. The van der Waals surface area contributed by atoms with Crippen LogP contribution in [-0.2, 0) is 19.4 Å². The first-order chi connectivity index (χ1) is 9.88. The second kappa shape index (κ2) is 6.18. The van der Waals surface area contributed by atoms with E-state index in [1.165, 1.54) is 5.56 Å². The Morgan fingerprint density at radius 1 is 1.20 bits per heavy atom. The molecule has 1 aliphatic heterocycles. The molecule has 0 aliphatic carbocycles. The van der Waals surface area contributed by atoms with Crippen LogP contribution in [0.2, 0.25) is 0 Å². The first-order valence-electron chi connectivity index (χ1n) is 7.57. The summed E-state index contributed by atoms with van der Waals surface area (Å²) in [4.78, 5) is 0. The number of benzene rings is 1. The maximum absolute atomic E-state index is 4.40. The van der Waals surface area contributed by atoms with Crippen molar-refractivity contribution in [1.82, 2.24) is 20.1 Å². The van der Waals surface area contributed by atoms with Crippen molar-refractivity contribution in [2.45, 2.75) is 45.2 Å². The van der Waals surface area contributed by atoms with Gasteiger partial charge in [0.1, 0.15) is 11.6 Å². The number of hydrogen-bond acceptors (Lipinski definition) is 3. The fourth-order valence-corrected chi connectivity index (χ4v) is 2.90. The summed E-state index contributed by atoms with van der Waals surface area (Å²) in [5, 5.41) is 12.3. The highest BCUT2D eigenvalue weighted by atomic mass is 15.3. The molecule has 20 heavy (non-hydrogen) atoms. The lowest BCUT2D eigenvalue weighted by molar-refractivity contribution is 0.399. The van der Waals surface area contributed by atoms with Gasteiger partial charge >= 0.3 is 0 Å². The number of fused-ring (bicyclic) bond motifs is 1. The van der Waals surface area contributed by atoms with Gasteiger partial charge in [0.2, 0.25) is 0 Å². The van der Waals surface area contributed by atoms with Gasteiger partial charge in [0, 0.05) is 19.5 Å². The average molecular weight is 270 g/mol. The lowest BCUT2D eigenvalue weighted by Gasteiger charge is -2.24. The first kappa shape index (κ1) is 13.3. The Morgan fingerprint density at radius 2 is 2.05 bits per heavy atom. The Kier molecular flexibility index (Phi) is 4.11. The first-order valence-corrected chi connectivity index (χ1v) is 7.57. The molecule has 1 N–H and O–H groups in total. The Labute approximate surface area is 120 Å². The molecule has 2 aromatic rings. The number of rotatable bonds is 5. The van der Waals surface area contributed by atoms with Crippen LogP contribution in [0.4, 0.5) is 0 Å². The summed E-state index contributed by atoms with van der Waals surface area (Å²) in [5.41, 5.74) is 1.40. The van der Waals surface area contributed by atoms with Gasteiger partial charge in [0.15, 0.2) is 0 Å². The zero-order valence-electron chi connectivity index (χ0n) is 12.0. The molecule has 1 atom stereocenters. The predicted molar refractivity (Wildman–Crippen MR) is 79.5 cm³/mol. The van der Waals surface area contributed by atoms with Crippen molar-refractivity contribution in [3.63, 3.8) is 0 Å². The van der Waals surface area contributed by atoms with Gasteiger partial charge in [-0.15, -0.1) is 10.2 Å². The Bertz CT molecular complexity index is 547. The zero-order chi connectivity index (χ0) is 13.8. The molecule has 0 fully saturated rings. The fraction of sp³-hybridized carbons (Fsp3) is 0.500. The second-order valence-electron chi connectivity index (χ2n) is 5.38. The van der Waals surface area contributed by atoms with Gasteiger partial charge in [-0.2, -0.15) is 0 Å². The van der Waals surface area contributed by atoms with Crippen LogP contribution in [0.5, 0.6) is 0 Å². The second-order valence-corrected chi connectivity index (χ2v) is 5.38. The normalized spacial score (nSPS) is 17.9. The van der Waals surface area contributed by atoms with Crippen molar-refractivity contribution in [2.75, 3.05) is 6.54 Å². The molecular weight excluding hydrogens is 248 g/mol. The minimum absolute atomic E-state index is 0.374. The van der Waals surface area contributed by atoms with Crippen LogP contribution in [0.15, 0.2) is 30.3 Å². The molecule has 1 aromatic carbocycles. The number of nitrogens with zero attached hydrogens (tertiary/aromatic N) is 3. The van der Waals surface area contributed by atoms with Crippen LogP contribution in [0, 0.1) is 0 Å². The fourth-order valence-electron chi connectivity index (χ4n) is 2.90. The molecule has 1 aliphatic rings. The summed E-state index contributed by atoms with van der Waals surface area (Å²) in [5.74, 6) is 2.27. The lowest BCUT2D eigenvalue weighted by atomic mass is 10.1. The van der Waals surface area contributed by atoms with Crippen LogP contribution in [0.25, 0.3) is 0 Å². The van der Waals surface area contributed by atoms with E-state index in [2.05, 4.69) is 57.3 Å². The molecule has 0 amide bonds. The van der Waals surface area contributed by atoms with Gasteiger partial charge in [-0.3, -0.25) is 0 Å². The van der Waals surface area contributed by atoms with E-state index in [0.29, 0.717) is 6.04 Å². The molecule has 0 bridgehead atoms. The van der Waals surface area contributed by atoms with Gasteiger partial charge in [0.25, 0.3) is 0 Å². The van der Waals surface area contributed by atoms with Gasteiger partial charge in [-0.05, 0) is 24.8 Å². The molecule has 1 unspecified atom stereocenters. The SMILES string of the molecule is CCC1NCCn2c(CCCc3ccccc3)nnc21. The molecule has 1 aromatic heterocycles. The van der Waals surface area contributed by atoms with Crippen LogP contribution >= 0.6 is 0 Å². The van der Waals surface area contributed by atoms with Crippen LogP contribution in [0.1, 0.15) is 43.0 Å². The van der Waals surface area contributed by atoms with Crippen LogP contribution in [-0.4, -0.2) is 21.3 Å². The highest BCUT2D eigenvalue weighted by Gasteiger charge is 2.22. The number of aromatic nitrogens is 3. The van der Waals surface area contributed by atoms with E-state index in [4.69, 9.17) is 0 Å². The van der Waals surface area contributed by atoms with Crippen molar-refractivity contribution in [3.05, 3.63) is 47.5 Å². The van der Waals surface area contributed by atoms with Crippen LogP contribution in [0.3, 0.4) is 0 Å². The predicted octanol–water partition coefficient (Wildman–Crippen LogP) is 2.51. The summed E-state index contributed by atoms with van der Waals surface area (Å²) in [6.07, 6.45) is 4.32. The maximum atomic E-state index is 4.40. The Morgan fingerprint density at radius 3 is 2.85 bits per heavy atom. The topological polar surface area (TPSA) is 42.7 Å². The molecular formula is C16H22N4. The van der Waals surface area contributed by atoms with E-state index in [-0.39, 0.29) is 0 Å². The molecule has 0 radical (unpaired) electrons. The lowest BCUT2D eigenvalue weighted by Crippen LogP contribution is -2.33. The minimum atomic E-state index is 0.374. The van der Waals surface area contributed by atoms with E-state index in [1.54, 1.807) is 0 Å². The minimum Gasteiger partial charge on any atom is -0.312 e. The summed E-state index contributed by atoms with van der Waals surface area (Å²) < 4.78 is 2.32. The number of aryl methyl sites for hydroxylation is 2. The molecule has 106 valence electrons. The van der Waals surface area contributed by atoms with E-state index >= 15 is 0 Å². The molecule has 4 heteroatoms. The molecule has 0 saturated heterocycles. The van der Waals surface area contributed by atoms with Crippen molar-refractivity contribution in [2.24, 2.45) is 0 Å². The summed E-state index contributed by atoms with van der Waals surface area (Å²) in [6, 6.07) is 11.0. The molecule has 2 heterocycles. The zero-order valence-corrected chi connectivity index (χ0v) is 12.0. The monoisotopic (exact) mass is 270 g/mol. The van der Waals surface area contributed by atoms with Gasteiger partial charge in [-0.1, -0.05) is 37.3 Å². The number of hydrogen-bond donors (Lipinski definition) is 1. The van der Waals surface area contributed by atoms with E-state index in [1.807, 2.05) is 0 Å². The highest BCUT2D eigenvalue weighted by Crippen LogP contribution is 2.20. The summed E-state index contributed by atoms with van der Waals surface area (Å²) >= 11 is 0. The van der Waals surface area contributed by atoms with Gasteiger partial charge in [-0.25, -0.2) is 0 Å². The Hall–Kier alpha value is -1.68. The molecule has 3 rings (SSSR count). The third-order valence-corrected chi connectivity index (χ3v) is 4.01. The third kappa shape index (κ3) is 2.75. The van der Waals surface area contributed by atoms with Crippen LogP contribution < -0.4 is 5.32 Å². The quantitative estimate of drug-likeness (QED) is 0.907. The molecule has 0 spiro atoms. The Balaban J connectivity index is 1.63. The van der Waals surface area contributed by atoms with E-state index in [9.17, 15) is 0 Å². The smallest absolute Gasteiger partial charge is 0.150 e. The van der Waals surface area contributed by atoms with Crippen molar-refractivity contribution >= 4 is 0 Å². The summed E-state index contributed by atoms with van der Waals surface area (Å²) in [6.45, 7) is 4.21. The van der Waals surface area contributed by atoms with Gasteiger partial charge < -0.3 is 9.88 Å². The van der Waals surface area contributed by atoms with E-state index < -0.39 is 0 Å². The summed E-state index contributed by atoms with van der Waals surface area (Å²) in [7, 11) is 0. The average Bonchev–Trinajstić information content (AvgIpc) is 2.92. The molecule has 0 saturated carbocycles. The van der Waals surface area contributed by atoms with Crippen molar-refractivity contribution < 1.29 is 0 Å².